The summed E-state index contributed by atoms with van der Waals surface area (Å²) in [5.41, 5.74) is -0.783. The fourth-order valence-electron chi connectivity index (χ4n) is 8.76. The zero-order valence-electron chi connectivity index (χ0n) is 29.3. The van der Waals surface area contributed by atoms with Crippen LogP contribution in [0.15, 0.2) is 0 Å². The standard InChI is InChI=1S/C34H57BN4O7/c1-9-24(30(42)39-17-13-16-25(39)35-45-27-23-18-22(33(23,6)7)19-34(27,8)46-35)37-28(40)20(2)36-29(41)26(21-14-11-10-12-15-21)38-31(43)44-32(3,4)5/h20-27H,9-19H2,1-8H3,(H,36,41)(H,37,40)(H,38,43)/t20?,22?,23?,24?,25?,26?,27?,34-/m0/s1. The van der Waals surface area contributed by atoms with Gasteiger partial charge in [-0.1, -0.05) is 40.0 Å². The van der Waals surface area contributed by atoms with Crippen LogP contribution in [0.4, 0.5) is 4.79 Å². The summed E-state index contributed by atoms with van der Waals surface area (Å²) in [6, 6.07) is -2.46. The highest BCUT2D eigenvalue weighted by molar-refractivity contribution is 6.48. The number of likely N-dealkylation sites (tertiary alicyclic amines) is 1. The summed E-state index contributed by atoms with van der Waals surface area (Å²) >= 11 is 0. The van der Waals surface area contributed by atoms with E-state index >= 15 is 0 Å². The Morgan fingerprint density at radius 1 is 0.978 bits per heavy atom. The van der Waals surface area contributed by atoms with E-state index in [2.05, 4.69) is 36.7 Å². The Hall–Kier alpha value is -2.34. The van der Waals surface area contributed by atoms with Crippen LogP contribution < -0.4 is 16.0 Å². The van der Waals surface area contributed by atoms with Crippen LogP contribution in [0.5, 0.6) is 0 Å². The third-order valence-corrected chi connectivity index (χ3v) is 11.6. The second kappa shape index (κ2) is 13.3. The Balaban J connectivity index is 1.18. The molecule has 2 heterocycles. The van der Waals surface area contributed by atoms with Crippen molar-refractivity contribution in [1.82, 2.24) is 20.9 Å². The quantitative estimate of drug-likeness (QED) is 0.322. The normalized spacial score (nSPS) is 32.4. The predicted molar refractivity (Wildman–Crippen MR) is 174 cm³/mol. The molecule has 0 aromatic carbocycles. The summed E-state index contributed by atoms with van der Waals surface area (Å²) in [6.45, 7) is 16.2. The van der Waals surface area contributed by atoms with Gasteiger partial charge in [-0.3, -0.25) is 14.4 Å². The van der Waals surface area contributed by atoms with E-state index in [-0.39, 0.29) is 34.9 Å². The van der Waals surface area contributed by atoms with Gasteiger partial charge in [-0.2, -0.15) is 0 Å². The van der Waals surface area contributed by atoms with E-state index in [1.807, 2.05) is 11.8 Å². The van der Waals surface area contributed by atoms with Crippen molar-refractivity contribution in [2.45, 2.75) is 161 Å². The molecule has 0 aromatic heterocycles. The van der Waals surface area contributed by atoms with Crippen molar-refractivity contribution >= 4 is 30.9 Å². The van der Waals surface area contributed by atoms with E-state index in [1.165, 1.54) is 6.42 Å². The first kappa shape index (κ1) is 35.0. The monoisotopic (exact) mass is 644 g/mol. The molecule has 46 heavy (non-hydrogen) atoms. The summed E-state index contributed by atoms with van der Waals surface area (Å²) in [4.78, 5) is 55.2. The SMILES string of the molecule is CCC(NC(=O)C(C)NC(=O)C(NC(=O)OC(C)(C)C)C1CCCCC1)C(=O)N1CCCC1B1OC2C3CC(C[C@]2(C)O1)C3(C)C. The van der Waals surface area contributed by atoms with Gasteiger partial charge in [0.25, 0.3) is 0 Å². The van der Waals surface area contributed by atoms with E-state index in [9.17, 15) is 19.2 Å². The van der Waals surface area contributed by atoms with Gasteiger partial charge in [0.1, 0.15) is 23.7 Å². The van der Waals surface area contributed by atoms with Crippen LogP contribution in [0.25, 0.3) is 0 Å². The molecule has 6 aliphatic rings. The van der Waals surface area contributed by atoms with Crippen LogP contribution in [0, 0.1) is 23.2 Å². The van der Waals surface area contributed by atoms with Gasteiger partial charge in [-0.05, 0) is 103 Å². The van der Waals surface area contributed by atoms with Gasteiger partial charge in [0.05, 0.1) is 17.6 Å². The molecule has 0 spiro atoms. The molecule has 258 valence electrons. The minimum Gasteiger partial charge on any atom is -0.444 e. The molecule has 3 N–H and O–H groups in total. The Morgan fingerprint density at radius 2 is 1.67 bits per heavy atom. The average Bonchev–Trinajstić information content (AvgIpc) is 3.62. The number of carbonyl (C=O) groups excluding carboxylic acids is 4. The molecular weight excluding hydrogens is 587 g/mol. The van der Waals surface area contributed by atoms with Crippen molar-refractivity contribution in [1.29, 1.82) is 0 Å². The highest BCUT2D eigenvalue weighted by Gasteiger charge is 2.68. The van der Waals surface area contributed by atoms with E-state index in [0.29, 0.717) is 24.8 Å². The molecule has 7 unspecified atom stereocenters. The second-order valence-corrected chi connectivity index (χ2v) is 16.4. The first-order valence-electron chi connectivity index (χ1n) is 17.8. The lowest BCUT2D eigenvalue weighted by Crippen LogP contribution is -2.63. The third kappa shape index (κ3) is 7.08. The number of nitrogens with zero attached hydrogens (tertiary/aromatic N) is 1. The lowest BCUT2D eigenvalue weighted by Gasteiger charge is -2.63. The molecule has 2 aliphatic heterocycles. The van der Waals surface area contributed by atoms with E-state index in [0.717, 1.165) is 51.4 Å². The van der Waals surface area contributed by atoms with Gasteiger partial charge < -0.3 is 34.9 Å². The number of hydrogen-bond donors (Lipinski definition) is 3. The minimum absolute atomic E-state index is 0.0310. The lowest BCUT2D eigenvalue weighted by molar-refractivity contribution is -0.185. The van der Waals surface area contributed by atoms with Crippen molar-refractivity contribution in [3.05, 3.63) is 0 Å². The largest absolute Gasteiger partial charge is 0.481 e. The zero-order chi connectivity index (χ0) is 33.6. The summed E-state index contributed by atoms with van der Waals surface area (Å²) in [6.07, 6.45) is 8.25. The lowest BCUT2D eigenvalue weighted by atomic mass is 9.45. The average molecular weight is 645 g/mol. The second-order valence-electron chi connectivity index (χ2n) is 16.4. The number of nitrogens with one attached hydrogen (secondary N) is 3. The molecule has 0 radical (unpaired) electrons. The molecule has 8 atom stereocenters. The molecule has 2 saturated heterocycles. The van der Waals surface area contributed by atoms with Crippen molar-refractivity contribution in [3.63, 3.8) is 0 Å². The molecule has 0 aromatic rings. The molecule has 6 rings (SSSR count). The van der Waals surface area contributed by atoms with Crippen LogP contribution in [-0.2, 0) is 28.4 Å². The number of alkyl carbamates (subject to hydrolysis) is 1. The van der Waals surface area contributed by atoms with Gasteiger partial charge in [-0.25, -0.2) is 4.79 Å². The number of ether oxygens (including phenoxy) is 1. The van der Waals surface area contributed by atoms with Gasteiger partial charge >= 0.3 is 13.2 Å². The van der Waals surface area contributed by atoms with Crippen LogP contribution >= 0.6 is 0 Å². The summed E-state index contributed by atoms with van der Waals surface area (Å²) in [5, 5.41) is 8.46. The van der Waals surface area contributed by atoms with Gasteiger partial charge in [-0.15, -0.1) is 0 Å². The summed E-state index contributed by atoms with van der Waals surface area (Å²) in [7, 11) is -0.475. The fourth-order valence-corrected chi connectivity index (χ4v) is 8.76. The van der Waals surface area contributed by atoms with Crippen LogP contribution in [0.2, 0.25) is 0 Å². The number of rotatable bonds is 9. The maximum Gasteiger partial charge on any atom is 0.481 e. The maximum atomic E-state index is 13.9. The highest BCUT2D eigenvalue weighted by atomic mass is 16.7. The third-order valence-electron chi connectivity index (χ3n) is 11.6. The highest BCUT2D eigenvalue weighted by Crippen LogP contribution is 2.65. The Kier molecular flexibility index (Phi) is 10.1. The summed E-state index contributed by atoms with van der Waals surface area (Å²) < 4.78 is 18.7. The first-order valence-corrected chi connectivity index (χ1v) is 17.8. The molecule has 11 nitrogen and oxygen atoms in total. The van der Waals surface area contributed by atoms with Crippen LogP contribution in [0.3, 0.4) is 0 Å². The van der Waals surface area contributed by atoms with Crippen molar-refractivity contribution in [2.75, 3.05) is 6.54 Å². The molecule has 2 bridgehead atoms. The number of carbonyl (C=O) groups is 4. The fraction of sp³-hybridized carbons (Fsp3) is 0.882. The predicted octanol–water partition coefficient (Wildman–Crippen LogP) is 4.12. The minimum atomic E-state index is -0.908. The smallest absolute Gasteiger partial charge is 0.444 e. The van der Waals surface area contributed by atoms with Crippen LogP contribution in [-0.4, -0.2) is 83.8 Å². The molecule has 4 saturated carbocycles. The molecule has 4 amide bonds. The number of amides is 4. The van der Waals surface area contributed by atoms with Crippen molar-refractivity contribution < 1.29 is 33.2 Å². The Morgan fingerprint density at radius 3 is 2.30 bits per heavy atom. The molecule has 6 fully saturated rings. The van der Waals surface area contributed by atoms with Crippen molar-refractivity contribution in [3.8, 4) is 0 Å². The van der Waals surface area contributed by atoms with Gasteiger partial charge in [0.15, 0.2) is 0 Å². The van der Waals surface area contributed by atoms with E-state index in [4.69, 9.17) is 14.0 Å². The first-order chi connectivity index (χ1) is 21.5. The van der Waals surface area contributed by atoms with E-state index in [1.54, 1.807) is 27.7 Å². The molecular formula is C34H57BN4O7. The number of hydrogen-bond acceptors (Lipinski definition) is 7. The molecule has 4 aliphatic carbocycles. The van der Waals surface area contributed by atoms with Gasteiger partial charge in [0, 0.05) is 6.54 Å². The van der Waals surface area contributed by atoms with Crippen LogP contribution in [0.1, 0.15) is 120 Å². The zero-order valence-corrected chi connectivity index (χ0v) is 29.3. The molecule has 12 heteroatoms. The van der Waals surface area contributed by atoms with Crippen molar-refractivity contribution in [2.24, 2.45) is 23.2 Å². The summed E-state index contributed by atoms with van der Waals surface area (Å²) in [5.74, 6) is -0.173. The van der Waals surface area contributed by atoms with Gasteiger partial charge in [0.2, 0.25) is 17.7 Å². The van der Waals surface area contributed by atoms with E-state index < -0.39 is 48.8 Å². The topological polar surface area (TPSA) is 135 Å². The maximum absolute atomic E-state index is 13.9. The Bertz CT molecular complexity index is 1170. The Labute approximate surface area is 275 Å².